The van der Waals surface area contributed by atoms with Gasteiger partial charge in [-0.25, -0.2) is 0 Å². The van der Waals surface area contributed by atoms with E-state index in [1.54, 1.807) is 0 Å². The van der Waals surface area contributed by atoms with Gasteiger partial charge in [0.1, 0.15) is 13.2 Å². The highest BCUT2D eigenvalue weighted by atomic mass is 16.6. The molecule has 0 radical (unpaired) electrons. The third-order valence-electron chi connectivity index (χ3n) is 11.7. The lowest BCUT2D eigenvalue weighted by atomic mass is 10.1. The Kier molecular flexibility index (Phi) is 50.4. The first kappa shape index (κ1) is 61.1. The summed E-state index contributed by atoms with van der Waals surface area (Å²) in [4.78, 5) is 37.9. The number of rotatable bonds is 49. The second-order valence-corrected chi connectivity index (χ2v) is 18.1. The van der Waals surface area contributed by atoms with Crippen LogP contribution in [0.15, 0.2) is 60.8 Å². The predicted octanol–water partition coefficient (Wildman–Crippen LogP) is 18.0. The Hall–Kier alpha value is -2.89. The number of allylic oxidation sites excluding steroid dienone is 10. The van der Waals surface area contributed by atoms with Gasteiger partial charge in [-0.15, -0.1) is 0 Å². The molecule has 0 bridgehead atoms. The van der Waals surface area contributed by atoms with Gasteiger partial charge in [0, 0.05) is 19.3 Å². The van der Waals surface area contributed by atoms with Crippen LogP contribution in [-0.4, -0.2) is 37.2 Å². The van der Waals surface area contributed by atoms with Crippen LogP contribution < -0.4 is 0 Å². The first-order valence-corrected chi connectivity index (χ1v) is 27.3. The van der Waals surface area contributed by atoms with E-state index in [-0.39, 0.29) is 31.1 Å². The second-order valence-electron chi connectivity index (χ2n) is 18.1. The summed E-state index contributed by atoms with van der Waals surface area (Å²) in [6.45, 7) is 6.52. The maximum atomic E-state index is 12.7. The zero-order valence-corrected chi connectivity index (χ0v) is 42.3. The Balaban J connectivity index is 4.20. The zero-order valence-electron chi connectivity index (χ0n) is 42.3. The lowest BCUT2D eigenvalue weighted by Gasteiger charge is -2.18. The number of esters is 3. The number of carbonyl (C=O) groups is 3. The Morgan fingerprint density at radius 2 is 0.609 bits per heavy atom. The van der Waals surface area contributed by atoms with Crippen molar-refractivity contribution in [2.75, 3.05) is 13.2 Å². The van der Waals surface area contributed by atoms with Crippen molar-refractivity contribution in [3.05, 3.63) is 60.8 Å². The molecule has 0 aromatic carbocycles. The van der Waals surface area contributed by atoms with Crippen molar-refractivity contribution in [1.82, 2.24) is 0 Å². The van der Waals surface area contributed by atoms with Crippen molar-refractivity contribution in [2.45, 2.75) is 277 Å². The minimum Gasteiger partial charge on any atom is -0.462 e. The molecule has 0 N–H and O–H groups in total. The molecule has 1 atom stereocenters. The molecule has 0 saturated heterocycles. The zero-order chi connectivity index (χ0) is 46.5. The van der Waals surface area contributed by atoms with E-state index < -0.39 is 6.10 Å². The van der Waals surface area contributed by atoms with Gasteiger partial charge in [-0.2, -0.15) is 0 Å². The van der Waals surface area contributed by atoms with E-state index in [0.717, 1.165) is 96.3 Å². The molecule has 0 aliphatic rings. The summed E-state index contributed by atoms with van der Waals surface area (Å²) in [6.07, 6.45) is 65.1. The number of unbranched alkanes of at least 4 members (excludes halogenated alkanes) is 28. The second kappa shape index (κ2) is 52.7. The summed E-state index contributed by atoms with van der Waals surface area (Å²) >= 11 is 0. The van der Waals surface area contributed by atoms with E-state index in [1.807, 2.05) is 0 Å². The van der Waals surface area contributed by atoms with Crippen LogP contribution in [0.4, 0.5) is 0 Å². The first-order chi connectivity index (χ1) is 31.5. The van der Waals surface area contributed by atoms with Gasteiger partial charge < -0.3 is 14.2 Å². The number of hydrogen-bond donors (Lipinski definition) is 0. The van der Waals surface area contributed by atoms with E-state index in [4.69, 9.17) is 14.2 Å². The molecule has 0 aliphatic carbocycles. The van der Waals surface area contributed by atoms with Crippen LogP contribution >= 0.6 is 0 Å². The molecule has 0 fully saturated rings. The predicted molar refractivity (Wildman–Crippen MR) is 275 cm³/mol. The molecule has 0 aromatic heterocycles. The van der Waals surface area contributed by atoms with Crippen LogP contribution in [0.1, 0.15) is 271 Å². The maximum absolute atomic E-state index is 12.7. The molecule has 0 amide bonds. The molecule has 0 spiro atoms. The summed E-state index contributed by atoms with van der Waals surface area (Å²) in [6, 6.07) is 0. The van der Waals surface area contributed by atoms with Crippen LogP contribution in [0.5, 0.6) is 0 Å². The molecule has 0 aromatic rings. The number of hydrogen-bond acceptors (Lipinski definition) is 6. The summed E-state index contributed by atoms with van der Waals surface area (Å²) in [5.74, 6) is -0.903. The minimum atomic E-state index is -0.781. The van der Waals surface area contributed by atoms with E-state index in [1.165, 1.54) is 135 Å². The van der Waals surface area contributed by atoms with E-state index in [9.17, 15) is 14.4 Å². The van der Waals surface area contributed by atoms with Crippen molar-refractivity contribution < 1.29 is 28.6 Å². The fraction of sp³-hybridized carbons (Fsp3) is 0.776. The normalized spacial score (nSPS) is 12.5. The Morgan fingerprint density at radius 1 is 0.312 bits per heavy atom. The average Bonchev–Trinajstić information content (AvgIpc) is 3.29. The molecule has 0 aliphatic heterocycles. The highest BCUT2D eigenvalue weighted by Gasteiger charge is 2.19. The van der Waals surface area contributed by atoms with Gasteiger partial charge >= 0.3 is 17.9 Å². The Morgan fingerprint density at radius 3 is 1.00 bits per heavy atom. The standard InChI is InChI=1S/C58H102O6/c1-4-7-10-13-16-19-22-23-24-25-26-27-28-29-30-31-32-33-34-35-37-39-42-45-48-51-57(60)63-54-55(53-62-56(59)50-47-44-41-38-21-18-15-12-9-6-3)64-58(61)52-49-46-43-40-36-20-17-14-11-8-5-2/h12,14-15,17,22-23,25-26,28-29,55H,4-11,13,16,18-21,24,27,30-54H2,1-3H3/b15-12-,17-14-,23-22-,26-25-,29-28-. The topological polar surface area (TPSA) is 78.9 Å². The highest BCUT2D eigenvalue weighted by Crippen LogP contribution is 2.15. The van der Waals surface area contributed by atoms with E-state index in [0.29, 0.717) is 19.3 Å². The molecular formula is C58H102O6. The number of carbonyl (C=O) groups excluding carboxylic acids is 3. The van der Waals surface area contributed by atoms with Gasteiger partial charge in [-0.1, -0.05) is 216 Å². The summed E-state index contributed by atoms with van der Waals surface area (Å²) in [5, 5.41) is 0. The van der Waals surface area contributed by atoms with Gasteiger partial charge in [0.2, 0.25) is 0 Å². The quantitative estimate of drug-likeness (QED) is 0.0262. The van der Waals surface area contributed by atoms with Crippen LogP contribution in [0.3, 0.4) is 0 Å². The molecule has 6 nitrogen and oxygen atoms in total. The molecule has 0 saturated carbocycles. The smallest absolute Gasteiger partial charge is 0.306 e. The van der Waals surface area contributed by atoms with Gasteiger partial charge in [-0.3, -0.25) is 14.4 Å². The molecular weight excluding hydrogens is 793 g/mol. The van der Waals surface area contributed by atoms with Gasteiger partial charge in [-0.05, 0) is 96.3 Å². The molecule has 1 unspecified atom stereocenters. The highest BCUT2D eigenvalue weighted by molar-refractivity contribution is 5.71. The van der Waals surface area contributed by atoms with E-state index in [2.05, 4.69) is 81.5 Å². The summed E-state index contributed by atoms with van der Waals surface area (Å²) in [5.41, 5.74) is 0. The minimum absolute atomic E-state index is 0.0819. The molecule has 6 heteroatoms. The van der Waals surface area contributed by atoms with Gasteiger partial charge in [0.05, 0.1) is 0 Å². The summed E-state index contributed by atoms with van der Waals surface area (Å²) < 4.78 is 16.8. The van der Waals surface area contributed by atoms with Crippen LogP contribution in [0.25, 0.3) is 0 Å². The fourth-order valence-electron chi connectivity index (χ4n) is 7.55. The molecule has 0 rings (SSSR count). The fourth-order valence-corrected chi connectivity index (χ4v) is 7.55. The number of ether oxygens (including phenoxy) is 3. The largest absolute Gasteiger partial charge is 0.462 e. The van der Waals surface area contributed by atoms with Crippen molar-refractivity contribution in [3.8, 4) is 0 Å². The van der Waals surface area contributed by atoms with Crippen LogP contribution in [0, 0.1) is 0 Å². The average molecular weight is 895 g/mol. The third kappa shape index (κ3) is 50.1. The van der Waals surface area contributed by atoms with Crippen molar-refractivity contribution in [1.29, 1.82) is 0 Å². The summed E-state index contributed by atoms with van der Waals surface area (Å²) in [7, 11) is 0. The lowest BCUT2D eigenvalue weighted by molar-refractivity contribution is -0.167. The molecule has 0 heterocycles. The van der Waals surface area contributed by atoms with E-state index >= 15 is 0 Å². The molecule has 370 valence electrons. The maximum Gasteiger partial charge on any atom is 0.306 e. The van der Waals surface area contributed by atoms with Gasteiger partial charge in [0.25, 0.3) is 0 Å². The lowest BCUT2D eigenvalue weighted by Crippen LogP contribution is -2.30. The van der Waals surface area contributed by atoms with Crippen molar-refractivity contribution in [2.24, 2.45) is 0 Å². The first-order valence-electron chi connectivity index (χ1n) is 27.3. The van der Waals surface area contributed by atoms with Crippen molar-refractivity contribution >= 4 is 17.9 Å². The van der Waals surface area contributed by atoms with Crippen LogP contribution in [-0.2, 0) is 28.6 Å². The Bertz CT molecular complexity index is 1170. The molecule has 64 heavy (non-hydrogen) atoms. The van der Waals surface area contributed by atoms with Crippen molar-refractivity contribution in [3.63, 3.8) is 0 Å². The Labute approximate surface area is 396 Å². The third-order valence-corrected chi connectivity index (χ3v) is 11.7. The van der Waals surface area contributed by atoms with Gasteiger partial charge in [0.15, 0.2) is 6.10 Å². The SMILES string of the molecule is CCC/C=C\CCCCCCCC(=O)OCC(COC(=O)CCCCCCCCCCCC/C=C\C/C=C\C/C=C\CCCCCCC)OC(=O)CCCCCCC/C=C\CCCC. The van der Waals surface area contributed by atoms with Crippen LogP contribution in [0.2, 0.25) is 0 Å². The monoisotopic (exact) mass is 895 g/mol.